The molecular weight excluding hydrogens is 455 g/mol. The van der Waals surface area contributed by atoms with Gasteiger partial charge in [-0.25, -0.2) is 9.18 Å². The molecule has 1 unspecified atom stereocenters. The van der Waals surface area contributed by atoms with E-state index in [4.69, 9.17) is 5.73 Å². The fraction of sp³-hybridized carbons (Fsp3) is 0.409. The van der Waals surface area contributed by atoms with Crippen molar-refractivity contribution in [2.45, 2.75) is 44.2 Å². The van der Waals surface area contributed by atoms with Crippen LogP contribution >= 0.6 is 0 Å². The molecular formula is C22H22F7N3O. The Labute approximate surface area is 185 Å². The third-order valence-corrected chi connectivity index (χ3v) is 5.73. The van der Waals surface area contributed by atoms with Gasteiger partial charge in [0.15, 0.2) is 0 Å². The Morgan fingerprint density at radius 2 is 1.61 bits per heavy atom. The number of carbonyl (C=O) groups excluding carboxylic acids is 1. The monoisotopic (exact) mass is 477 g/mol. The Hall–Kier alpha value is -2.82. The van der Waals surface area contributed by atoms with Crippen molar-refractivity contribution in [3.8, 4) is 0 Å². The Morgan fingerprint density at radius 3 is 2.12 bits per heavy atom. The number of benzene rings is 2. The summed E-state index contributed by atoms with van der Waals surface area (Å²) in [5.74, 6) is -0.477. The fourth-order valence-electron chi connectivity index (χ4n) is 3.96. The molecule has 0 bridgehead atoms. The van der Waals surface area contributed by atoms with Crippen LogP contribution < -0.4 is 10.6 Å². The van der Waals surface area contributed by atoms with Gasteiger partial charge in [-0.2, -0.15) is 26.3 Å². The summed E-state index contributed by atoms with van der Waals surface area (Å²) in [7, 11) is 1.11. The SMILES string of the molecule is Cc1cc(F)ccc1[C@H]1CC(N)CCN1C(=O)N(C)c1cc(C(F)(F)F)cc(C(F)(F)F)c1. The summed E-state index contributed by atoms with van der Waals surface area (Å²) in [5, 5.41) is 0. The molecule has 0 aliphatic carbocycles. The van der Waals surface area contributed by atoms with Crippen molar-refractivity contribution < 1.29 is 35.5 Å². The Kier molecular flexibility index (Phi) is 6.65. The molecule has 11 heteroatoms. The van der Waals surface area contributed by atoms with Crippen LogP contribution in [0.3, 0.4) is 0 Å². The molecule has 3 rings (SSSR count). The van der Waals surface area contributed by atoms with E-state index in [9.17, 15) is 35.5 Å². The zero-order valence-electron chi connectivity index (χ0n) is 17.8. The van der Waals surface area contributed by atoms with E-state index in [2.05, 4.69) is 0 Å². The number of piperidine rings is 1. The van der Waals surface area contributed by atoms with Crippen LogP contribution in [0, 0.1) is 12.7 Å². The highest BCUT2D eigenvalue weighted by atomic mass is 19.4. The maximum atomic E-state index is 13.6. The van der Waals surface area contributed by atoms with Gasteiger partial charge in [-0.15, -0.1) is 0 Å². The molecule has 0 aromatic heterocycles. The summed E-state index contributed by atoms with van der Waals surface area (Å²) in [5.41, 5.74) is 3.63. The van der Waals surface area contributed by atoms with Gasteiger partial charge in [0.2, 0.25) is 0 Å². The summed E-state index contributed by atoms with van der Waals surface area (Å²) in [6.45, 7) is 1.78. The topological polar surface area (TPSA) is 49.6 Å². The zero-order chi connectivity index (χ0) is 24.7. The molecule has 4 nitrogen and oxygen atoms in total. The quantitative estimate of drug-likeness (QED) is 0.549. The maximum absolute atomic E-state index is 13.6. The Balaban J connectivity index is 2.01. The first-order valence-electron chi connectivity index (χ1n) is 10.0. The van der Waals surface area contributed by atoms with Gasteiger partial charge in [-0.05, 0) is 61.2 Å². The van der Waals surface area contributed by atoms with E-state index in [0.717, 1.165) is 11.9 Å². The summed E-state index contributed by atoms with van der Waals surface area (Å²) in [6, 6.07) is 3.33. The van der Waals surface area contributed by atoms with Gasteiger partial charge in [0.1, 0.15) is 5.82 Å². The van der Waals surface area contributed by atoms with E-state index in [1.54, 1.807) is 6.92 Å². The number of carbonyl (C=O) groups is 1. The van der Waals surface area contributed by atoms with Crippen molar-refractivity contribution in [1.82, 2.24) is 4.90 Å². The van der Waals surface area contributed by atoms with Crippen LogP contribution in [0.2, 0.25) is 0 Å². The van der Waals surface area contributed by atoms with Gasteiger partial charge in [0.25, 0.3) is 0 Å². The Morgan fingerprint density at radius 1 is 1.03 bits per heavy atom. The van der Waals surface area contributed by atoms with E-state index in [-0.39, 0.29) is 18.7 Å². The van der Waals surface area contributed by atoms with Crippen LogP contribution in [0.4, 0.5) is 41.2 Å². The first-order valence-corrected chi connectivity index (χ1v) is 10.0. The summed E-state index contributed by atoms with van der Waals surface area (Å²) in [4.78, 5) is 15.4. The third-order valence-electron chi connectivity index (χ3n) is 5.73. The fourth-order valence-corrected chi connectivity index (χ4v) is 3.96. The summed E-state index contributed by atoms with van der Waals surface area (Å²) in [6.07, 6.45) is -9.37. The minimum absolute atomic E-state index is 0.00636. The lowest BCUT2D eigenvalue weighted by Crippen LogP contribution is -2.49. The lowest BCUT2D eigenvalue weighted by atomic mass is 9.90. The van der Waals surface area contributed by atoms with Gasteiger partial charge in [0.05, 0.1) is 17.2 Å². The molecule has 2 aromatic carbocycles. The normalized spacial score (nSPS) is 19.5. The molecule has 2 aromatic rings. The second-order valence-corrected chi connectivity index (χ2v) is 8.10. The molecule has 1 aliphatic heterocycles. The van der Waals surface area contributed by atoms with E-state index in [1.807, 2.05) is 0 Å². The van der Waals surface area contributed by atoms with Gasteiger partial charge < -0.3 is 10.6 Å². The van der Waals surface area contributed by atoms with Crippen LogP contribution in [0.5, 0.6) is 0 Å². The molecule has 0 spiro atoms. The smallest absolute Gasteiger partial charge is 0.328 e. The highest BCUT2D eigenvalue weighted by Gasteiger charge is 2.39. The molecule has 1 aliphatic rings. The van der Waals surface area contributed by atoms with Crippen LogP contribution in [-0.4, -0.2) is 30.6 Å². The number of halogens is 7. The molecule has 1 saturated heterocycles. The first kappa shape index (κ1) is 24.8. The second kappa shape index (κ2) is 8.85. The second-order valence-electron chi connectivity index (χ2n) is 8.10. The number of hydrogen-bond acceptors (Lipinski definition) is 2. The van der Waals surface area contributed by atoms with Crippen molar-refractivity contribution in [2.75, 3.05) is 18.5 Å². The number of hydrogen-bond donors (Lipinski definition) is 1. The average molecular weight is 477 g/mol. The van der Waals surface area contributed by atoms with Gasteiger partial charge in [-0.3, -0.25) is 4.90 Å². The average Bonchev–Trinajstić information content (AvgIpc) is 2.71. The van der Waals surface area contributed by atoms with Gasteiger partial charge in [-0.1, -0.05) is 6.07 Å². The summed E-state index contributed by atoms with van der Waals surface area (Å²) >= 11 is 0. The minimum atomic E-state index is -5.04. The number of amides is 2. The van der Waals surface area contributed by atoms with Gasteiger partial charge >= 0.3 is 18.4 Å². The van der Waals surface area contributed by atoms with Gasteiger partial charge in [0, 0.05) is 25.3 Å². The Bertz CT molecular complexity index is 1000. The number of nitrogens with zero attached hydrogens (tertiary/aromatic N) is 2. The van der Waals surface area contributed by atoms with E-state index < -0.39 is 47.1 Å². The molecule has 180 valence electrons. The molecule has 2 amide bonds. The van der Waals surface area contributed by atoms with Crippen molar-refractivity contribution in [3.05, 3.63) is 64.5 Å². The highest BCUT2D eigenvalue weighted by molar-refractivity contribution is 5.92. The number of anilines is 1. The van der Waals surface area contributed by atoms with Crippen LogP contribution in [0.25, 0.3) is 0 Å². The number of rotatable bonds is 2. The third kappa shape index (κ3) is 5.40. The predicted molar refractivity (Wildman–Crippen MR) is 108 cm³/mol. The number of aryl methyl sites for hydroxylation is 1. The standard InChI is InChI=1S/C22H22F7N3O/c1-12-7-15(23)3-4-18(12)19-11-16(30)5-6-32(19)20(33)31(2)17-9-13(21(24,25)26)8-14(10-17)22(27,28)29/h3-4,7-10,16,19H,5-6,11,30H2,1-2H3/t16?,19-/m1/s1. The van der Waals surface area contributed by atoms with E-state index >= 15 is 0 Å². The van der Waals surface area contributed by atoms with E-state index in [1.165, 1.54) is 23.1 Å². The van der Waals surface area contributed by atoms with Crippen molar-refractivity contribution >= 4 is 11.7 Å². The van der Waals surface area contributed by atoms with Crippen LogP contribution in [-0.2, 0) is 12.4 Å². The molecule has 0 saturated carbocycles. The van der Waals surface area contributed by atoms with Crippen molar-refractivity contribution in [3.63, 3.8) is 0 Å². The molecule has 0 radical (unpaired) electrons. The zero-order valence-corrected chi connectivity index (χ0v) is 17.8. The number of nitrogens with two attached hydrogens (primary N) is 1. The number of urea groups is 1. The number of likely N-dealkylation sites (tertiary alicyclic amines) is 1. The van der Waals surface area contributed by atoms with Crippen molar-refractivity contribution in [2.24, 2.45) is 5.73 Å². The van der Waals surface area contributed by atoms with Crippen LogP contribution in [0.1, 0.15) is 41.1 Å². The minimum Gasteiger partial charge on any atom is -0.328 e. The number of alkyl halides is 6. The first-order chi connectivity index (χ1) is 15.2. The molecule has 2 atom stereocenters. The lowest BCUT2D eigenvalue weighted by molar-refractivity contribution is -0.143. The maximum Gasteiger partial charge on any atom is 0.416 e. The van der Waals surface area contributed by atoms with Crippen LogP contribution in [0.15, 0.2) is 36.4 Å². The lowest BCUT2D eigenvalue weighted by Gasteiger charge is -2.41. The summed E-state index contributed by atoms with van der Waals surface area (Å²) < 4.78 is 93.0. The molecule has 1 heterocycles. The largest absolute Gasteiger partial charge is 0.416 e. The molecule has 1 fully saturated rings. The van der Waals surface area contributed by atoms with Crippen molar-refractivity contribution in [1.29, 1.82) is 0 Å². The van der Waals surface area contributed by atoms with E-state index in [0.29, 0.717) is 36.1 Å². The molecule has 2 N–H and O–H groups in total. The highest BCUT2D eigenvalue weighted by Crippen LogP contribution is 2.39. The predicted octanol–water partition coefficient (Wildman–Crippen LogP) is 5.89. The molecule has 33 heavy (non-hydrogen) atoms.